The van der Waals surface area contributed by atoms with Gasteiger partial charge in [-0.15, -0.1) is 0 Å². The van der Waals surface area contributed by atoms with E-state index in [1.54, 1.807) is 30.6 Å². The van der Waals surface area contributed by atoms with Crippen molar-refractivity contribution in [3.8, 4) is 16.9 Å². The van der Waals surface area contributed by atoms with Crippen LogP contribution in [-0.4, -0.2) is 10.2 Å². The van der Waals surface area contributed by atoms with Gasteiger partial charge in [-0.2, -0.15) is 5.10 Å². The molecule has 3 aromatic rings. The molecule has 0 fully saturated rings. The number of anilines is 1. The van der Waals surface area contributed by atoms with E-state index in [4.69, 9.17) is 10.5 Å². The van der Waals surface area contributed by atoms with Gasteiger partial charge in [-0.05, 0) is 35.4 Å². The fourth-order valence-electron chi connectivity index (χ4n) is 1.99. The Balaban J connectivity index is 1.78. The van der Waals surface area contributed by atoms with Crippen molar-refractivity contribution in [1.82, 2.24) is 10.2 Å². The summed E-state index contributed by atoms with van der Waals surface area (Å²) in [6.45, 7) is 0.333. The number of hydrogen-bond donors (Lipinski definition) is 2. The molecule has 5 heteroatoms. The number of H-pyrrole nitrogens is 1. The predicted octanol–water partition coefficient (Wildman–Crippen LogP) is 3.38. The third-order valence-electron chi connectivity index (χ3n) is 3.15. The van der Waals surface area contributed by atoms with Crippen molar-refractivity contribution in [3.63, 3.8) is 0 Å². The summed E-state index contributed by atoms with van der Waals surface area (Å²) in [6, 6.07) is 11.8. The first-order valence-electron chi connectivity index (χ1n) is 6.48. The maximum atomic E-state index is 12.9. The first kappa shape index (κ1) is 13.2. The summed E-state index contributed by atoms with van der Waals surface area (Å²) in [6.07, 6.45) is 3.53. The van der Waals surface area contributed by atoms with Crippen molar-refractivity contribution in [2.45, 2.75) is 6.61 Å². The molecule has 3 N–H and O–H groups in total. The molecule has 0 amide bonds. The lowest BCUT2D eigenvalue weighted by atomic mass is 10.1. The lowest BCUT2D eigenvalue weighted by molar-refractivity contribution is 0.308. The average Bonchev–Trinajstić information content (AvgIpc) is 3.02. The second-order valence-corrected chi connectivity index (χ2v) is 4.65. The molecular formula is C16H14FN3O. The van der Waals surface area contributed by atoms with Crippen LogP contribution < -0.4 is 10.5 Å². The van der Waals surface area contributed by atoms with Crippen LogP contribution in [0.4, 0.5) is 10.1 Å². The van der Waals surface area contributed by atoms with E-state index in [1.807, 2.05) is 12.1 Å². The zero-order valence-corrected chi connectivity index (χ0v) is 11.2. The Labute approximate surface area is 121 Å². The molecule has 1 heterocycles. The maximum Gasteiger partial charge on any atom is 0.143 e. The van der Waals surface area contributed by atoms with Crippen LogP contribution in [0.5, 0.6) is 5.75 Å². The molecule has 0 bridgehead atoms. The summed E-state index contributed by atoms with van der Waals surface area (Å²) in [5.41, 5.74) is 9.29. The number of nitrogens with one attached hydrogen (secondary N) is 1. The molecule has 106 valence electrons. The fourth-order valence-corrected chi connectivity index (χ4v) is 1.99. The number of rotatable bonds is 4. The molecule has 21 heavy (non-hydrogen) atoms. The molecule has 0 spiro atoms. The van der Waals surface area contributed by atoms with E-state index >= 15 is 0 Å². The minimum Gasteiger partial charge on any atom is -0.487 e. The van der Waals surface area contributed by atoms with Crippen molar-refractivity contribution >= 4 is 5.69 Å². The molecule has 2 aromatic carbocycles. The number of hydrogen-bond acceptors (Lipinski definition) is 3. The van der Waals surface area contributed by atoms with Gasteiger partial charge in [-0.25, -0.2) is 4.39 Å². The van der Waals surface area contributed by atoms with Gasteiger partial charge in [0.15, 0.2) is 0 Å². The number of nitrogens with two attached hydrogens (primary N) is 1. The molecule has 0 radical (unpaired) electrons. The summed E-state index contributed by atoms with van der Waals surface area (Å²) in [5, 5.41) is 6.69. The largest absolute Gasteiger partial charge is 0.487 e. The number of benzene rings is 2. The van der Waals surface area contributed by atoms with E-state index in [2.05, 4.69) is 10.2 Å². The molecule has 0 saturated heterocycles. The van der Waals surface area contributed by atoms with Gasteiger partial charge in [0.25, 0.3) is 0 Å². The zero-order chi connectivity index (χ0) is 14.7. The van der Waals surface area contributed by atoms with Crippen LogP contribution in [-0.2, 0) is 6.61 Å². The van der Waals surface area contributed by atoms with Crippen molar-refractivity contribution in [2.24, 2.45) is 0 Å². The quantitative estimate of drug-likeness (QED) is 0.721. The monoisotopic (exact) mass is 283 g/mol. The zero-order valence-electron chi connectivity index (χ0n) is 11.2. The lowest BCUT2D eigenvalue weighted by Gasteiger charge is -2.10. The lowest BCUT2D eigenvalue weighted by Crippen LogP contribution is -1.99. The van der Waals surface area contributed by atoms with Crippen LogP contribution >= 0.6 is 0 Å². The Morgan fingerprint density at radius 2 is 1.90 bits per heavy atom. The van der Waals surface area contributed by atoms with Crippen molar-refractivity contribution in [3.05, 3.63) is 66.2 Å². The second kappa shape index (κ2) is 5.66. The van der Waals surface area contributed by atoms with Crippen molar-refractivity contribution in [1.29, 1.82) is 0 Å². The molecule has 0 atom stereocenters. The Morgan fingerprint density at radius 1 is 1.10 bits per heavy atom. The number of aromatic nitrogens is 2. The predicted molar refractivity (Wildman–Crippen MR) is 79.2 cm³/mol. The number of nitrogen functional groups attached to an aromatic ring is 1. The standard InChI is InChI=1S/C16H14FN3O/c17-14-4-1-11(2-5-14)10-21-16-7-12(3-6-15(16)18)13-8-19-20-9-13/h1-9H,10,18H2,(H,19,20). The molecule has 0 unspecified atom stereocenters. The molecule has 0 aliphatic heterocycles. The maximum absolute atomic E-state index is 12.9. The van der Waals surface area contributed by atoms with Crippen LogP contribution in [0.2, 0.25) is 0 Å². The molecule has 3 rings (SSSR count). The Bertz CT molecular complexity index is 724. The summed E-state index contributed by atoms with van der Waals surface area (Å²) in [7, 11) is 0. The van der Waals surface area contributed by atoms with Gasteiger partial charge in [-0.3, -0.25) is 5.10 Å². The summed E-state index contributed by atoms with van der Waals surface area (Å²) >= 11 is 0. The van der Waals surface area contributed by atoms with E-state index in [0.29, 0.717) is 18.0 Å². The van der Waals surface area contributed by atoms with Gasteiger partial charge in [0.2, 0.25) is 0 Å². The number of aromatic amines is 1. The Kier molecular flexibility index (Phi) is 3.55. The van der Waals surface area contributed by atoms with E-state index in [-0.39, 0.29) is 5.82 Å². The smallest absolute Gasteiger partial charge is 0.143 e. The molecule has 1 aromatic heterocycles. The third-order valence-corrected chi connectivity index (χ3v) is 3.15. The SMILES string of the molecule is Nc1ccc(-c2cn[nH]c2)cc1OCc1ccc(F)cc1. The van der Waals surface area contributed by atoms with Crippen LogP contribution in [0.25, 0.3) is 11.1 Å². The summed E-state index contributed by atoms with van der Waals surface area (Å²) in [5.74, 6) is 0.332. The first-order chi connectivity index (χ1) is 10.2. The highest BCUT2D eigenvalue weighted by Crippen LogP contribution is 2.29. The van der Waals surface area contributed by atoms with Gasteiger partial charge in [-0.1, -0.05) is 18.2 Å². The van der Waals surface area contributed by atoms with Gasteiger partial charge in [0, 0.05) is 11.8 Å². The molecular weight excluding hydrogens is 269 g/mol. The van der Waals surface area contributed by atoms with E-state index in [1.165, 1.54) is 12.1 Å². The second-order valence-electron chi connectivity index (χ2n) is 4.65. The number of halogens is 1. The topological polar surface area (TPSA) is 63.9 Å². The van der Waals surface area contributed by atoms with Crippen LogP contribution in [0.1, 0.15) is 5.56 Å². The van der Waals surface area contributed by atoms with E-state index < -0.39 is 0 Å². The number of nitrogens with zero attached hydrogens (tertiary/aromatic N) is 1. The van der Waals surface area contributed by atoms with Crippen LogP contribution in [0.3, 0.4) is 0 Å². The minimum atomic E-state index is -0.264. The van der Waals surface area contributed by atoms with E-state index in [9.17, 15) is 4.39 Å². The Hall–Kier alpha value is -2.82. The van der Waals surface area contributed by atoms with Crippen molar-refractivity contribution < 1.29 is 9.13 Å². The highest BCUT2D eigenvalue weighted by Gasteiger charge is 2.06. The molecule has 0 saturated carbocycles. The minimum absolute atomic E-state index is 0.264. The van der Waals surface area contributed by atoms with Crippen LogP contribution in [0.15, 0.2) is 54.9 Å². The molecule has 0 aliphatic carbocycles. The van der Waals surface area contributed by atoms with Gasteiger partial charge in [0.05, 0.1) is 11.9 Å². The first-order valence-corrected chi connectivity index (χ1v) is 6.48. The highest BCUT2D eigenvalue weighted by molar-refractivity contribution is 5.68. The molecule has 4 nitrogen and oxygen atoms in total. The fraction of sp³-hybridized carbons (Fsp3) is 0.0625. The van der Waals surface area contributed by atoms with Gasteiger partial charge in [0.1, 0.15) is 18.2 Å². The Morgan fingerprint density at radius 3 is 2.62 bits per heavy atom. The normalized spacial score (nSPS) is 10.5. The van der Waals surface area contributed by atoms with Crippen LogP contribution in [0, 0.1) is 5.82 Å². The molecule has 0 aliphatic rings. The highest BCUT2D eigenvalue weighted by atomic mass is 19.1. The van der Waals surface area contributed by atoms with Gasteiger partial charge < -0.3 is 10.5 Å². The average molecular weight is 283 g/mol. The van der Waals surface area contributed by atoms with E-state index in [0.717, 1.165) is 16.7 Å². The van der Waals surface area contributed by atoms with Crippen molar-refractivity contribution in [2.75, 3.05) is 5.73 Å². The van der Waals surface area contributed by atoms with Gasteiger partial charge >= 0.3 is 0 Å². The number of ether oxygens (including phenoxy) is 1. The summed E-state index contributed by atoms with van der Waals surface area (Å²) < 4.78 is 18.6. The third kappa shape index (κ3) is 3.02. The summed E-state index contributed by atoms with van der Waals surface area (Å²) in [4.78, 5) is 0.